The normalized spacial score (nSPS) is 9.53. The number of methoxy groups -OCH3 is 2. The summed E-state index contributed by atoms with van der Waals surface area (Å²) < 4.78 is 9.93. The minimum Gasteiger partial charge on any atom is -0.496 e. The molecule has 0 spiro atoms. The summed E-state index contributed by atoms with van der Waals surface area (Å²) in [7, 11) is 2.68. The molecule has 1 aromatic carbocycles. The molecule has 1 rings (SSSR count). The van der Waals surface area contributed by atoms with Gasteiger partial charge in [0.2, 0.25) is 0 Å². The van der Waals surface area contributed by atoms with Crippen LogP contribution in [0.5, 0.6) is 5.75 Å². The molecule has 0 saturated heterocycles. The zero-order chi connectivity index (χ0) is 11.4. The van der Waals surface area contributed by atoms with Crippen LogP contribution in [-0.2, 0) is 9.53 Å². The van der Waals surface area contributed by atoms with Gasteiger partial charge in [0.05, 0.1) is 18.7 Å². The Morgan fingerprint density at radius 3 is 2.40 bits per heavy atom. The quantitative estimate of drug-likeness (QED) is 0.479. The van der Waals surface area contributed by atoms with Gasteiger partial charge in [-0.25, -0.2) is 4.79 Å². The van der Waals surface area contributed by atoms with Crippen LogP contribution in [0.25, 0.3) is 0 Å². The van der Waals surface area contributed by atoms with Crippen LogP contribution in [-0.4, -0.2) is 26.0 Å². The van der Waals surface area contributed by atoms with E-state index >= 15 is 0 Å². The summed E-state index contributed by atoms with van der Waals surface area (Å²) in [6.45, 7) is 0. The van der Waals surface area contributed by atoms with Crippen molar-refractivity contribution in [3.63, 3.8) is 0 Å². The minimum absolute atomic E-state index is 0.259. The van der Waals surface area contributed by atoms with Gasteiger partial charge in [0.25, 0.3) is 5.78 Å². The summed E-state index contributed by atoms with van der Waals surface area (Å²) in [5, 5.41) is 0. The first-order chi connectivity index (χ1) is 7.10. The average Bonchev–Trinajstić information content (AvgIpc) is 2.26. The Hall–Kier alpha value is -1.36. The third-order valence-electron chi connectivity index (χ3n) is 1.78. The Balaban J connectivity index is 3.02. The summed E-state index contributed by atoms with van der Waals surface area (Å²) >= 11 is 3.22. The SMILES string of the molecule is COC(=O)C(=O)c1ccc(OC)c(Br)c1. The Morgan fingerprint density at radius 1 is 1.27 bits per heavy atom. The lowest BCUT2D eigenvalue weighted by molar-refractivity contribution is -0.135. The van der Waals surface area contributed by atoms with Gasteiger partial charge in [-0.05, 0) is 34.1 Å². The van der Waals surface area contributed by atoms with Gasteiger partial charge in [0.1, 0.15) is 5.75 Å². The molecule has 0 unspecified atom stereocenters. The molecule has 0 fully saturated rings. The summed E-state index contributed by atoms with van der Waals surface area (Å²) in [6, 6.07) is 4.61. The summed E-state index contributed by atoms with van der Waals surface area (Å²) in [6.07, 6.45) is 0. The van der Waals surface area contributed by atoms with Crippen LogP contribution in [0.4, 0.5) is 0 Å². The maximum atomic E-state index is 11.4. The van der Waals surface area contributed by atoms with Gasteiger partial charge in [0.15, 0.2) is 0 Å². The average molecular weight is 273 g/mol. The number of Topliss-reactive ketones (excluding diaryl/α,β-unsaturated/α-hetero) is 1. The van der Waals surface area contributed by atoms with Crippen molar-refractivity contribution in [2.75, 3.05) is 14.2 Å². The lowest BCUT2D eigenvalue weighted by Crippen LogP contribution is -2.15. The third kappa shape index (κ3) is 2.56. The molecular weight excluding hydrogens is 264 g/mol. The monoisotopic (exact) mass is 272 g/mol. The molecule has 0 saturated carbocycles. The van der Waals surface area contributed by atoms with Crippen LogP contribution in [0.2, 0.25) is 0 Å². The number of carbonyl (C=O) groups is 2. The van der Waals surface area contributed by atoms with Crippen molar-refractivity contribution >= 4 is 27.7 Å². The van der Waals surface area contributed by atoms with E-state index in [0.29, 0.717) is 10.2 Å². The van der Waals surface area contributed by atoms with Crippen LogP contribution in [0.1, 0.15) is 10.4 Å². The van der Waals surface area contributed by atoms with E-state index in [9.17, 15) is 9.59 Å². The van der Waals surface area contributed by atoms with Crippen molar-refractivity contribution in [2.24, 2.45) is 0 Å². The predicted molar refractivity (Wildman–Crippen MR) is 57.0 cm³/mol. The highest BCUT2D eigenvalue weighted by atomic mass is 79.9. The van der Waals surface area contributed by atoms with Crippen molar-refractivity contribution in [1.29, 1.82) is 0 Å². The first-order valence-electron chi connectivity index (χ1n) is 4.06. The van der Waals surface area contributed by atoms with E-state index in [-0.39, 0.29) is 5.56 Å². The molecule has 15 heavy (non-hydrogen) atoms. The molecule has 0 radical (unpaired) electrons. The number of benzene rings is 1. The second-order valence-corrected chi connectivity index (χ2v) is 3.52. The van der Waals surface area contributed by atoms with Crippen LogP contribution >= 0.6 is 15.9 Å². The summed E-state index contributed by atoms with van der Waals surface area (Å²) in [5.74, 6) is -0.968. The smallest absolute Gasteiger partial charge is 0.379 e. The zero-order valence-electron chi connectivity index (χ0n) is 8.24. The van der Waals surface area contributed by atoms with Crippen LogP contribution in [0.15, 0.2) is 22.7 Å². The van der Waals surface area contributed by atoms with Gasteiger partial charge in [0, 0.05) is 5.56 Å². The van der Waals surface area contributed by atoms with E-state index in [1.54, 1.807) is 6.07 Å². The van der Waals surface area contributed by atoms with E-state index in [1.807, 2.05) is 0 Å². The summed E-state index contributed by atoms with van der Waals surface area (Å²) in [5.41, 5.74) is 0.259. The second kappa shape index (κ2) is 4.93. The number of carbonyl (C=O) groups excluding carboxylic acids is 2. The lowest BCUT2D eigenvalue weighted by Gasteiger charge is -2.04. The Kier molecular flexibility index (Phi) is 3.85. The molecule has 0 bridgehead atoms. The van der Waals surface area contributed by atoms with Gasteiger partial charge < -0.3 is 9.47 Å². The van der Waals surface area contributed by atoms with Crippen molar-refractivity contribution in [2.45, 2.75) is 0 Å². The van der Waals surface area contributed by atoms with Crippen molar-refractivity contribution in [1.82, 2.24) is 0 Å². The minimum atomic E-state index is -0.882. The highest BCUT2D eigenvalue weighted by Crippen LogP contribution is 2.25. The number of halogens is 1. The van der Waals surface area contributed by atoms with Gasteiger partial charge >= 0.3 is 5.97 Å². The molecule has 0 aliphatic rings. The van der Waals surface area contributed by atoms with E-state index in [4.69, 9.17) is 4.74 Å². The molecule has 0 heterocycles. The molecule has 80 valence electrons. The van der Waals surface area contributed by atoms with E-state index in [1.165, 1.54) is 26.4 Å². The number of hydrogen-bond acceptors (Lipinski definition) is 4. The number of ketones is 1. The molecule has 0 aliphatic carbocycles. The van der Waals surface area contributed by atoms with Crippen molar-refractivity contribution < 1.29 is 19.1 Å². The number of esters is 1. The van der Waals surface area contributed by atoms with Crippen molar-refractivity contribution in [3.05, 3.63) is 28.2 Å². The van der Waals surface area contributed by atoms with Gasteiger partial charge in [-0.15, -0.1) is 0 Å². The Labute approximate surface area is 95.3 Å². The predicted octanol–water partition coefficient (Wildman–Crippen LogP) is 1.81. The highest BCUT2D eigenvalue weighted by molar-refractivity contribution is 9.10. The third-order valence-corrected chi connectivity index (χ3v) is 2.40. The maximum Gasteiger partial charge on any atom is 0.379 e. The van der Waals surface area contributed by atoms with E-state index in [0.717, 1.165) is 0 Å². The molecule has 0 N–H and O–H groups in total. The molecule has 0 amide bonds. The molecule has 5 heteroatoms. The largest absolute Gasteiger partial charge is 0.496 e. The summed E-state index contributed by atoms with van der Waals surface area (Å²) in [4.78, 5) is 22.4. The van der Waals surface area contributed by atoms with E-state index < -0.39 is 11.8 Å². The first-order valence-corrected chi connectivity index (χ1v) is 4.85. The number of rotatable bonds is 3. The zero-order valence-corrected chi connectivity index (χ0v) is 9.83. The fraction of sp³-hybridized carbons (Fsp3) is 0.200. The van der Waals surface area contributed by atoms with Gasteiger partial charge in [-0.3, -0.25) is 4.79 Å². The molecular formula is C10H9BrO4. The van der Waals surface area contributed by atoms with E-state index in [2.05, 4.69) is 20.7 Å². The fourth-order valence-corrected chi connectivity index (χ4v) is 1.56. The molecule has 0 atom stereocenters. The van der Waals surface area contributed by atoms with Crippen molar-refractivity contribution in [3.8, 4) is 5.75 Å². The maximum absolute atomic E-state index is 11.4. The van der Waals surface area contributed by atoms with Crippen LogP contribution in [0.3, 0.4) is 0 Å². The first kappa shape index (κ1) is 11.7. The lowest BCUT2D eigenvalue weighted by atomic mass is 10.1. The topological polar surface area (TPSA) is 52.6 Å². The number of hydrogen-bond donors (Lipinski definition) is 0. The number of ether oxygens (including phenoxy) is 2. The molecule has 4 nitrogen and oxygen atoms in total. The Morgan fingerprint density at radius 2 is 1.93 bits per heavy atom. The second-order valence-electron chi connectivity index (χ2n) is 2.67. The molecule has 0 aliphatic heterocycles. The standard InChI is InChI=1S/C10H9BrO4/c1-14-8-4-3-6(5-7(8)11)9(12)10(13)15-2/h3-5H,1-2H3. The Bertz CT molecular complexity index is 400. The molecule has 0 aromatic heterocycles. The highest BCUT2D eigenvalue weighted by Gasteiger charge is 2.17. The van der Waals surface area contributed by atoms with Crippen LogP contribution < -0.4 is 4.74 Å². The fourth-order valence-electron chi connectivity index (χ4n) is 1.02. The molecule has 1 aromatic rings. The van der Waals surface area contributed by atoms with Gasteiger partial charge in [-0.1, -0.05) is 0 Å². The van der Waals surface area contributed by atoms with Crippen LogP contribution in [0, 0.1) is 0 Å². The van der Waals surface area contributed by atoms with Gasteiger partial charge in [-0.2, -0.15) is 0 Å².